The maximum atomic E-state index is 12.6. The number of furan rings is 1. The number of nitrogens with one attached hydrogen (secondary N) is 3. The quantitative estimate of drug-likeness (QED) is 0.445. The topological polar surface area (TPSA) is 105 Å². The van der Waals surface area contributed by atoms with Gasteiger partial charge >= 0.3 is 6.18 Å². The van der Waals surface area contributed by atoms with Crippen molar-refractivity contribution in [3.63, 3.8) is 0 Å². The van der Waals surface area contributed by atoms with Crippen LogP contribution in [-0.4, -0.2) is 49.1 Å². The Labute approximate surface area is 202 Å². The summed E-state index contributed by atoms with van der Waals surface area (Å²) in [6, 6.07) is 0. The van der Waals surface area contributed by atoms with Gasteiger partial charge in [0.05, 0.1) is 17.5 Å². The molecule has 0 aromatic carbocycles. The van der Waals surface area contributed by atoms with Gasteiger partial charge in [-0.05, 0) is 25.0 Å². The van der Waals surface area contributed by atoms with Crippen LogP contribution in [0.5, 0.6) is 0 Å². The van der Waals surface area contributed by atoms with E-state index in [1.807, 2.05) is 0 Å². The lowest BCUT2D eigenvalue weighted by atomic mass is 10.0. The van der Waals surface area contributed by atoms with Crippen LogP contribution >= 0.6 is 22.9 Å². The number of rotatable bonds is 8. The number of amides is 2. The maximum Gasteiger partial charge on any atom is 0.422 e. The summed E-state index contributed by atoms with van der Waals surface area (Å²) in [4.78, 5) is 29.3. The third kappa shape index (κ3) is 6.11. The number of hydrogen-bond donors (Lipinski definition) is 3. The van der Waals surface area contributed by atoms with E-state index in [1.54, 1.807) is 25.4 Å². The Morgan fingerprint density at radius 1 is 1.32 bits per heavy atom. The highest BCUT2D eigenvalue weighted by Crippen LogP contribution is 2.33. The molecule has 0 fully saturated rings. The summed E-state index contributed by atoms with van der Waals surface area (Å²) in [5.74, 6) is -0.0356. The van der Waals surface area contributed by atoms with E-state index in [4.69, 9.17) is 20.8 Å². The van der Waals surface area contributed by atoms with Crippen LogP contribution in [0.3, 0.4) is 0 Å². The second-order valence-corrected chi connectivity index (χ2v) is 8.65. The molecule has 1 aliphatic carbocycles. The smallest absolute Gasteiger partial charge is 0.422 e. The molecule has 2 amide bonds. The standard InChI is InChI=1S/C21H22ClF3N4O4S/c1-10-12(17(18(31)26-2)19(27-3)33-10)7-16(30)29-20-28-14(8-34-20)11-4-5-15(13(22)6-11)32-9-21(23,24)25/h4-5,8,13,27H,6-7,9H2,1-3H3,(H,26,31)(H,28,29,30). The predicted molar refractivity (Wildman–Crippen MR) is 123 cm³/mol. The minimum absolute atomic E-state index is 0.0369. The fourth-order valence-corrected chi connectivity index (χ4v) is 4.33. The van der Waals surface area contributed by atoms with Gasteiger partial charge in [-0.3, -0.25) is 9.59 Å². The van der Waals surface area contributed by atoms with Gasteiger partial charge in [-0.1, -0.05) is 6.08 Å². The van der Waals surface area contributed by atoms with Crippen LogP contribution in [0, 0.1) is 6.92 Å². The largest absolute Gasteiger partial charge is 0.487 e. The minimum Gasteiger partial charge on any atom is -0.487 e. The third-order valence-corrected chi connectivity index (χ3v) is 5.99. The number of carbonyl (C=O) groups is 2. The molecule has 8 nitrogen and oxygen atoms in total. The fraction of sp³-hybridized carbons (Fsp3) is 0.381. The number of carbonyl (C=O) groups excluding carboxylic acids is 2. The van der Waals surface area contributed by atoms with E-state index >= 15 is 0 Å². The predicted octanol–water partition coefficient (Wildman–Crippen LogP) is 4.48. The molecule has 0 aliphatic heterocycles. The van der Waals surface area contributed by atoms with Crippen molar-refractivity contribution in [1.82, 2.24) is 10.3 Å². The molecule has 0 saturated carbocycles. The van der Waals surface area contributed by atoms with Crippen LogP contribution in [0.25, 0.3) is 5.57 Å². The van der Waals surface area contributed by atoms with Crippen LogP contribution in [0.4, 0.5) is 24.2 Å². The lowest BCUT2D eigenvalue weighted by molar-refractivity contribution is -0.165. The number of nitrogens with zero attached hydrogens (tertiary/aromatic N) is 1. The summed E-state index contributed by atoms with van der Waals surface area (Å²) >= 11 is 7.36. The number of aryl methyl sites for hydroxylation is 1. The molecule has 0 bridgehead atoms. The van der Waals surface area contributed by atoms with Gasteiger partial charge in [-0.15, -0.1) is 22.9 Å². The first-order chi connectivity index (χ1) is 16.0. The van der Waals surface area contributed by atoms with E-state index < -0.39 is 24.1 Å². The van der Waals surface area contributed by atoms with E-state index in [0.717, 1.165) is 0 Å². The molecular weight excluding hydrogens is 497 g/mol. The molecule has 184 valence electrons. The van der Waals surface area contributed by atoms with Crippen molar-refractivity contribution >= 4 is 51.3 Å². The minimum atomic E-state index is -4.45. The molecule has 2 aromatic rings. The van der Waals surface area contributed by atoms with Crippen molar-refractivity contribution in [2.24, 2.45) is 0 Å². The van der Waals surface area contributed by atoms with Gasteiger partial charge in [-0.2, -0.15) is 13.2 Å². The first-order valence-corrected chi connectivity index (χ1v) is 11.4. The van der Waals surface area contributed by atoms with E-state index in [1.165, 1.54) is 24.5 Å². The molecule has 0 spiro atoms. The average molecular weight is 519 g/mol. The second-order valence-electron chi connectivity index (χ2n) is 7.27. The van der Waals surface area contributed by atoms with Gasteiger partial charge in [0.1, 0.15) is 17.1 Å². The van der Waals surface area contributed by atoms with E-state index in [-0.39, 0.29) is 36.0 Å². The molecule has 34 heavy (non-hydrogen) atoms. The number of alkyl halides is 4. The van der Waals surface area contributed by atoms with Crippen LogP contribution in [0.1, 0.15) is 33.8 Å². The van der Waals surface area contributed by atoms with Crippen molar-refractivity contribution < 1.29 is 31.9 Å². The molecule has 2 heterocycles. The highest BCUT2D eigenvalue weighted by molar-refractivity contribution is 7.14. The van der Waals surface area contributed by atoms with E-state index in [0.29, 0.717) is 27.7 Å². The zero-order chi connectivity index (χ0) is 25.0. The summed E-state index contributed by atoms with van der Waals surface area (Å²) in [6.45, 7) is 0.251. The summed E-state index contributed by atoms with van der Waals surface area (Å²) in [5, 5.41) is 9.29. The number of aromatic nitrogens is 1. The Hall–Kier alpha value is -2.99. The monoisotopic (exact) mass is 518 g/mol. The molecule has 3 rings (SSSR count). The summed E-state index contributed by atoms with van der Waals surface area (Å²) < 4.78 is 47.4. The maximum absolute atomic E-state index is 12.6. The fourth-order valence-electron chi connectivity index (χ4n) is 3.28. The van der Waals surface area contributed by atoms with Crippen molar-refractivity contribution in [3.8, 4) is 0 Å². The first kappa shape index (κ1) is 25.6. The molecule has 13 heteroatoms. The number of thiazole rings is 1. The summed E-state index contributed by atoms with van der Waals surface area (Å²) in [6.07, 6.45) is -1.35. The molecule has 0 radical (unpaired) electrons. The zero-order valence-corrected chi connectivity index (χ0v) is 20.0. The lowest BCUT2D eigenvalue weighted by Gasteiger charge is -2.20. The van der Waals surface area contributed by atoms with Crippen LogP contribution in [0.2, 0.25) is 0 Å². The van der Waals surface area contributed by atoms with Crippen molar-refractivity contribution in [2.45, 2.75) is 31.3 Å². The molecule has 2 aromatic heterocycles. The van der Waals surface area contributed by atoms with E-state index in [9.17, 15) is 22.8 Å². The number of allylic oxidation sites excluding steroid dienone is 4. The SMILES string of the molecule is CNC(=O)c1c(NC)oc(C)c1CC(=O)Nc1nc(C2=CC=C(OCC(F)(F)F)C(Cl)C2)cs1. The molecule has 1 atom stereocenters. The summed E-state index contributed by atoms with van der Waals surface area (Å²) in [5.41, 5.74) is 1.95. The number of halogens is 4. The zero-order valence-electron chi connectivity index (χ0n) is 18.4. The Morgan fingerprint density at radius 2 is 2.06 bits per heavy atom. The van der Waals surface area contributed by atoms with Gasteiger partial charge in [0.25, 0.3) is 5.91 Å². The Balaban J connectivity index is 1.69. The molecule has 1 unspecified atom stereocenters. The van der Waals surface area contributed by atoms with Gasteiger partial charge in [-0.25, -0.2) is 4.98 Å². The van der Waals surface area contributed by atoms with Crippen LogP contribution in [0.15, 0.2) is 27.7 Å². The number of hydrogen-bond acceptors (Lipinski definition) is 7. The molecule has 1 aliphatic rings. The molecular formula is C21H22ClF3N4O4S. The van der Waals surface area contributed by atoms with Crippen molar-refractivity contribution in [2.75, 3.05) is 31.3 Å². The van der Waals surface area contributed by atoms with Crippen LogP contribution in [-0.2, 0) is 16.0 Å². The normalized spacial score (nSPS) is 15.9. The summed E-state index contributed by atoms with van der Waals surface area (Å²) in [7, 11) is 3.09. The van der Waals surface area contributed by atoms with Crippen molar-refractivity contribution in [1.29, 1.82) is 0 Å². The van der Waals surface area contributed by atoms with Crippen molar-refractivity contribution in [3.05, 3.63) is 45.9 Å². The Morgan fingerprint density at radius 3 is 2.68 bits per heavy atom. The second kappa shape index (κ2) is 10.5. The van der Waals surface area contributed by atoms with Gasteiger partial charge in [0.15, 0.2) is 11.7 Å². The molecule has 0 saturated heterocycles. The third-order valence-electron chi connectivity index (χ3n) is 4.87. The molecule has 3 N–H and O–H groups in total. The Kier molecular flexibility index (Phi) is 7.93. The van der Waals surface area contributed by atoms with Gasteiger partial charge in [0, 0.05) is 25.0 Å². The van der Waals surface area contributed by atoms with Gasteiger partial charge in [0.2, 0.25) is 11.8 Å². The highest BCUT2D eigenvalue weighted by atomic mass is 35.5. The number of ether oxygens (including phenoxy) is 1. The Bertz CT molecular complexity index is 1140. The number of anilines is 2. The van der Waals surface area contributed by atoms with Crippen LogP contribution < -0.4 is 16.0 Å². The average Bonchev–Trinajstić information content (AvgIpc) is 3.36. The first-order valence-electron chi connectivity index (χ1n) is 10.0. The van der Waals surface area contributed by atoms with Gasteiger partial charge < -0.3 is 25.1 Å². The highest BCUT2D eigenvalue weighted by Gasteiger charge is 2.31. The van der Waals surface area contributed by atoms with E-state index in [2.05, 4.69) is 20.9 Å². The lowest BCUT2D eigenvalue weighted by Crippen LogP contribution is -2.22.